The molecule has 2 aromatic carbocycles. The number of carbonyl (C=O) groups is 4. The van der Waals surface area contributed by atoms with E-state index in [-0.39, 0.29) is 41.3 Å². The number of phenols is 1. The molecule has 4 aromatic rings. The molecule has 2 aliphatic heterocycles. The number of imide groups is 2. The second-order valence-electron chi connectivity index (χ2n) is 15.8. The normalized spacial score (nSPS) is 29.2. The van der Waals surface area contributed by atoms with Crippen molar-refractivity contribution in [3.05, 3.63) is 75.8 Å². The Hall–Kier alpha value is -4.28. The zero-order valence-corrected chi connectivity index (χ0v) is 31.3. The number of rotatable bonds is 4. The van der Waals surface area contributed by atoms with Crippen molar-refractivity contribution in [1.29, 1.82) is 0 Å². The number of likely N-dealkylation sites (tertiary alicyclic amines) is 1. The first-order valence-corrected chi connectivity index (χ1v) is 19.6. The average Bonchev–Trinajstić information content (AvgIpc) is 3.80. The summed E-state index contributed by atoms with van der Waals surface area (Å²) >= 11 is 7.91. The maximum absolute atomic E-state index is 15.1. The molecule has 2 saturated heterocycles. The molecule has 0 spiro atoms. The molecular formula is C41H41ClN4O5S. The fourth-order valence-corrected chi connectivity index (χ4v) is 11.7. The molecule has 5 aliphatic rings. The summed E-state index contributed by atoms with van der Waals surface area (Å²) in [5.41, 5.74) is 2.93. The van der Waals surface area contributed by atoms with Crippen molar-refractivity contribution in [3.63, 3.8) is 0 Å². The molecule has 6 atom stereocenters. The summed E-state index contributed by atoms with van der Waals surface area (Å²) in [7, 11) is 1.75. The van der Waals surface area contributed by atoms with Crippen molar-refractivity contribution in [3.8, 4) is 16.3 Å². The number of hydrogen-bond acceptors (Lipinski definition) is 7. The Morgan fingerprint density at radius 3 is 2.46 bits per heavy atom. The SMILES string of the molecule is Cc1cc(C2C3=CCC4C(=O)N(C5CCCCC5)C(=O)C4C3CC3C(=O)N(c4cc(-c5sc6ccc(Cl)cc6c5C)nn4C)C(=O)C32C)ccc1O. The average molecular weight is 737 g/mol. The Morgan fingerprint density at radius 2 is 1.71 bits per heavy atom. The van der Waals surface area contributed by atoms with Crippen LogP contribution in [0.2, 0.25) is 5.02 Å². The molecule has 11 heteroatoms. The van der Waals surface area contributed by atoms with Gasteiger partial charge in [0, 0.05) is 34.8 Å². The summed E-state index contributed by atoms with van der Waals surface area (Å²) in [6.07, 6.45) is 7.62. The molecule has 0 radical (unpaired) electrons. The van der Waals surface area contributed by atoms with Gasteiger partial charge in [0.15, 0.2) is 0 Å². The quantitative estimate of drug-likeness (QED) is 0.169. The number of amides is 4. The van der Waals surface area contributed by atoms with E-state index in [4.69, 9.17) is 16.7 Å². The van der Waals surface area contributed by atoms with Crippen molar-refractivity contribution in [1.82, 2.24) is 14.7 Å². The molecule has 6 unspecified atom stereocenters. The number of aromatic nitrogens is 2. The van der Waals surface area contributed by atoms with Crippen LogP contribution >= 0.6 is 22.9 Å². The number of aryl methyl sites for hydroxylation is 3. The number of aromatic hydroxyl groups is 1. The number of anilines is 1. The van der Waals surface area contributed by atoms with Gasteiger partial charge in [-0.2, -0.15) is 5.10 Å². The van der Waals surface area contributed by atoms with E-state index in [1.807, 2.05) is 57.2 Å². The van der Waals surface area contributed by atoms with Crippen molar-refractivity contribution in [2.75, 3.05) is 4.90 Å². The monoisotopic (exact) mass is 736 g/mol. The molecule has 268 valence electrons. The second-order valence-corrected chi connectivity index (χ2v) is 17.2. The van der Waals surface area contributed by atoms with Crippen LogP contribution in [-0.2, 0) is 26.2 Å². The lowest BCUT2D eigenvalue weighted by Crippen LogP contribution is -2.49. The van der Waals surface area contributed by atoms with Crippen LogP contribution in [0, 0.1) is 42.9 Å². The van der Waals surface area contributed by atoms with E-state index in [9.17, 15) is 19.5 Å². The van der Waals surface area contributed by atoms with Crippen LogP contribution in [-0.4, -0.2) is 49.5 Å². The van der Waals surface area contributed by atoms with Crippen LogP contribution in [0.3, 0.4) is 0 Å². The topological polar surface area (TPSA) is 113 Å². The van der Waals surface area contributed by atoms with E-state index in [0.29, 0.717) is 34.9 Å². The van der Waals surface area contributed by atoms with Gasteiger partial charge in [-0.15, -0.1) is 11.3 Å². The number of allylic oxidation sites excluding steroid dienone is 2. The number of hydrogen-bond donors (Lipinski definition) is 1. The van der Waals surface area contributed by atoms with E-state index in [2.05, 4.69) is 6.08 Å². The standard InChI is InChI=1S/C41H41ClN4O5S/c1-20-16-22(10-14-31(20)47)35-25-12-13-26-34(39(50)45(37(26)48)24-8-6-5-7-9-24)28(25)18-29-38(49)46(40(51)41(29,35)3)33-19-30(43-44(33)4)36-21(2)27-17-23(42)11-15-32(27)52-36/h10-12,14-17,19,24,26,28-29,34-35,47H,5-9,13,18H2,1-4H3. The first-order chi connectivity index (χ1) is 24.9. The Morgan fingerprint density at radius 1 is 0.942 bits per heavy atom. The van der Waals surface area contributed by atoms with E-state index < -0.39 is 29.1 Å². The van der Waals surface area contributed by atoms with E-state index >= 15 is 4.79 Å². The van der Waals surface area contributed by atoms with Crippen LogP contribution in [0.5, 0.6) is 5.75 Å². The number of thiophene rings is 1. The largest absolute Gasteiger partial charge is 0.508 e. The third-order valence-electron chi connectivity index (χ3n) is 13.0. The van der Waals surface area contributed by atoms with E-state index in [1.54, 1.807) is 34.0 Å². The van der Waals surface area contributed by atoms with Crippen LogP contribution in [0.15, 0.2) is 54.1 Å². The maximum atomic E-state index is 15.1. The lowest BCUT2D eigenvalue weighted by atomic mass is 9.51. The molecule has 4 fully saturated rings. The van der Waals surface area contributed by atoms with Gasteiger partial charge in [0.2, 0.25) is 23.6 Å². The molecule has 4 amide bonds. The molecule has 2 aromatic heterocycles. The van der Waals surface area contributed by atoms with E-state index in [1.165, 1.54) is 4.90 Å². The number of halogens is 1. The highest BCUT2D eigenvalue weighted by Crippen LogP contribution is 2.64. The first kappa shape index (κ1) is 33.5. The summed E-state index contributed by atoms with van der Waals surface area (Å²) < 4.78 is 2.67. The Bertz CT molecular complexity index is 2270. The molecular weight excluding hydrogens is 696 g/mol. The number of nitrogens with zero attached hydrogens (tertiary/aromatic N) is 4. The van der Waals surface area contributed by atoms with Crippen LogP contribution in [0.1, 0.15) is 74.5 Å². The molecule has 2 saturated carbocycles. The van der Waals surface area contributed by atoms with Crippen LogP contribution in [0.4, 0.5) is 5.82 Å². The summed E-state index contributed by atoms with van der Waals surface area (Å²) in [6.45, 7) is 5.74. The molecule has 52 heavy (non-hydrogen) atoms. The number of fused-ring (bicyclic) bond motifs is 5. The summed E-state index contributed by atoms with van der Waals surface area (Å²) in [5, 5.41) is 17.0. The molecule has 9 nitrogen and oxygen atoms in total. The minimum absolute atomic E-state index is 0.0713. The van der Waals surface area contributed by atoms with Gasteiger partial charge >= 0.3 is 0 Å². The van der Waals surface area contributed by atoms with Gasteiger partial charge in [-0.25, -0.2) is 4.90 Å². The van der Waals surface area contributed by atoms with Gasteiger partial charge in [-0.1, -0.05) is 54.6 Å². The van der Waals surface area contributed by atoms with Gasteiger partial charge in [-0.3, -0.25) is 28.8 Å². The van der Waals surface area contributed by atoms with Crippen molar-refractivity contribution in [2.24, 2.45) is 36.1 Å². The third kappa shape index (κ3) is 4.62. The van der Waals surface area contributed by atoms with Crippen molar-refractivity contribution in [2.45, 2.75) is 77.7 Å². The van der Waals surface area contributed by atoms with E-state index in [0.717, 1.165) is 63.8 Å². The predicted molar refractivity (Wildman–Crippen MR) is 200 cm³/mol. The van der Waals surface area contributed by atoms with Gasteiger partial charge in [-0.05, 0) is 98.7 Å². The number of benzene rings is 2. The fraction of sp³-hybridized carbons (Fsp3) is 0.439. The maximum Gasteiger partial charge on any atom is 0.242 e. The van der Waals surface area contributed by atoms with Gasteiger partial charge in [0.1, 0.15) is 17.3 Å². The smallest absolute Gasteiger partial charge is 0.242 e. The highest BCUT2D eigenvalue weighted by atomic mass is 35.5. The van der Waals surface area contributed by atoms with Gasteiger partial charge < -0.3 is 5.11 Å². The molecule has 9 rings (SSSR count). The van der Waals surface area contributed by atoms with Gasteiger partial charge in [0.05, 0.1) is 28.0 Å². The Balaban J connectivity index is 1.14. The first-order valence-electron chi connectivity index (χ1n) is 18.4. The fourth-order valence-electron chi connectivity index (χ4n) is 10.4. The van der Waals surface area contributed by atoms with Crippen LogP contribution < -0.4 is 4.90 Å². The van der Waals surface area contributed by atoms with Crippen LogP contribution in [0.25, 0.3) is 20.7 Å². The molecule has 0 bridgehead atoms. The predicted octanol–water partition coefficient (Wildman–Crippen LogP) is 7.84. The third-order valence-corrected chi connectivity index (χ3v) is 14.5. The van der Waals surface area contributed by atoms with Crippen molar-refractivity contribution < 1.29 is 24.3 Å². The lowest BCUT2D eigenvalue weighted by molar-refractivity contribution is -0.144. The van der Waals surface area contributed by atoms with Gasteiger partial charge in [0.25, 0.3) is 0 Å². The molecule has 4 heterocycles. The summed E-state index contributed by atoms with van der Waals surface area (Å²) in [6, 6.07) is 12.9. The minimum Gasteiger partial charge on any atom is -0.508 e. The Kier molecular flexibility index (Phi) is 7.66. The highest BCUT2D eigenvalue weighted by molar-refractivity contribution is 7.22. The zero-order chi connectivity index (χ0) is 36.4. The Labute approximate surface area is 311 Å². The molecule has 1 N–H and O–H groups in total. The highest BCUT2D eigenvalue weighted by Gasteiger charge is 2.68. The number of carbonyl (C=O) groups excluding carboxylic acids is 4. The number of phenolic OH excluding ortho intramolecular Hbond substituents is 1. The van der Waals surface area contributed by atoms with Crippen molar-refractivity contribution >= 4 is 62.5 Å². The minimum atomic E-state index is -1.18. The summed E-state index contributed by atoms with van der Waals surface area (Å²) in [4.78, 5) is 62.1. The molecule has 3 aliphatic carbocycles. The summed E-state index contributed by atoms with van der Waals surface area (Å²) in [5.74, 6) is -2.96. The zero-order valence-electron chi connectivity index (χ0n) is 29.7. The second kappa shape index (κ2) is 11.9. The lowest BCUT2D eigenvalue weighted by Gasteiger charge is -2.49.